The van der Waals surface area contributed by atoms with Crippen molar-refractivity contribution in [3.63, 3.8) is 0 Å². The van der Waals surface area contributed by atoms with Gasteiger partial charge in [-0.15, -0.1) is 0 Å². The molecule has 0 aromatic heterocycles. The molecule has 1 aliphatic heterocycles. The first-order valence-corrected chi connectivity index (χ1v) is 15.3. The van der Waals surface area contributed by atoms with Gasteiger partial charge in [-0.2, -0.15) is 0 Å². The van der Waals surface area contributed by atoms with E-state index in [9.17, 15) is 19.8 Å². The number of benzene rings is 1. The number of methoxy groups -OCH3 is 1. The van der Waals surface area contributed by atoms with Crippen molar-refractivity contribution < 1.29 is 34.0 Å². The Morgan fingerprint density at radius 2 is 1.86 bits per heavy atom. The third-order valence-electron chi connectivity index (χ3n) is 8.23. The second-order valence-electron chi connectivity index (χ2n) is 12.3. The summed E-state index contributed by atoms with van der Waals surface area (Å²) in [5, 5.41) is 24.3. The maximum Gasteiger partial charge on any atom is 0.302 e. The quantitative estimate of drug-likeness (QED) is 0.250. The van der Waals surface area contributed by atoms with Gasteiger partial charge in [0, 0.05) is 26.8 Å². The smallest absolute Gasteiger partial charge is 0.302 e. The van der Waals surface area contributed by atoms with Crippen LogP contribution in [0.15, 0.2) is 30.1 Å². The van der Waals surface area contributed by atoms with E-state index >= 15 is 0 Å². The molecule has 5 atom stereocenters. The lowest BCUT2D eigenvalue weighted by Crippen LogP contribution is -2.36. The Balaban J connectivity index is 1.87. The standard InChI is InChI=1S/C33H50N2O7/c1-20(2)13-23-7-6-8-27(38)15-26(14-23)31(42-22(4)37)18-28(41-21(3)36)10-9-24-16-32(40-5)30(39)19-29(24)25-11-12-35-33(34)17-25/h11,16-17,19-20,23,26-28,31,35,38-39H,6-10,12-15,18,34H2,1-5H3. The van der Waals surface area contributed by atoms with Crippen LogP contribution in [-0.4, -0.2) is 54.1 Å². The lowest BCUT2D eigenvalue weighted by Gasteiger charge is -2.35. The number of hydrogen-bond acceptors (Lipinski definition) is 9. The molecule has 1 aromatic rings. The topological polar surface area (TPSA) is 140 Å². The van der Waals surface area contributed by atoms with Crippen LogP contribution in [0, 0.1) is 17.8 Å². The molecule has 234 valence electrons. The normalized spacial score (nSPS) is 22.5. The van der Waals surface area contributed by atoms with Crippen molar-refractivity contribution in [2.24, 2.45) is 23.5 Å². The molecule has 9 heteroatoms. The fourth-order valence-corrected chi connectivity index (χ4v) is 6.51. The third-order valence-corrected chi connectivity index (χ3v) is 8.23. The van der Waals surface area contributed by atoms with Crippen molar-refractivity contribution in [2.75, 3.05) is 13.7 Å². The van der Waals surface area contributed by atoms with E-state index in [1.807, 2.05) is 12.2 Å². The van der Waals surface area contributed by atoms with E-state index in [0.29, 0.717) is 55.6 Å². The molecule has 1 aliphatic carbocycles. The molecule has 1 aromatic carbocycles. The van der Waals surface area contributed by atoms with Gasteiger partial charge in [-0.1, -0.05) is 32.8 Å². The molecule has 5 unspecified atom stereocenters. The summed E-state index contributed by atoms with van der Waals surface area (Å²) < 4.78 is 17.1. The number of rotatable bonds is 12. The van der Waals surface area contributed by atoms with Gasteiger partial charge in [-0.05, 0) is 91.2 Å². The summed E-state index contributed by atoms with van der Waals surface area (Å²) in [5.41, 5.74) is 8.62. The number of aliphatic hydroxyl groups excluding tert-OH is 1. The number of dihydropyridines is 1. The largest absolute Gasteiger partial charge is 0.504 e. The van der Waals surface area contributed by atoms with Crippen LogP contribution in [0.2, 0.25) is 0 Å². The van der Waals surface area contributed by atoms with Gasteiger partial charge in [0.1, 0.15) is 12.2 Å². The number of nitrogens with two attached hydrogens (primary N) is 1. The van der Waals surface area contributed by atoms with Gasteiger partial charge < -0.3 is 35.5 Å². The molecule has 0 spiro atoms. The average molecular weight is 587 g/mol. The van der Waals surface area contributed by atoms with E-state index in [0.717, 1.165) is 48.8 Å². The van der Waals surface area contributed by atoms with E-state index in [1.165, 1.54) is 21.0 Å². The van der Waals surface area contributed by atoms with Crippen LogP contribution in [-0.2, 0) is 25.5 Å². The van der Waals surface area contributed by atoms with Crippen molar-refractivity contribution in [1.82, 2.24) is 5.32 Å². The highest BCUT2D eigenvalue weighted by Gasteiger charge is 2.34. The van der Waals surface area contributed by atoms with E-state index in [2.05, 4.69) is 19.2 Å². The lowest BCUT2D eigenvalue weighted by molar-refractivity contribution is -0.157. The summed E-state index contributed by atoms with van der Waals surface area (Å²) in [6.45, 7) is 7.79. The number of esters is 2. The summed E-state index contributed by atoms with van der Waals surface area (Å²) in [6.07, 6.45) is 8.94. The summed E-state index contributed by atoms with van der Waals surface area (Å²) in [7, 11) is 1.50. The van der Waals surface area contributed by atoms with Gasteiger partial charge >= 0.3 is 11.9 Å². The number of carbonyl (C=O) groups is 2. The van der Waals surface area contributed by atoms with Gasteiger partial charge in [0.05, 0.1) is 19.0 Å². The SMILES string of the molecule is COc1cc(CCC(CC(OC(C)=O)C2CC(O)CCCC(CC(C)C)C2)OC(C)=O)c(C2=CCNC(N)=C2)cc1O. The van der Waals surface area contributed by atoms with E-state index in [1.54, 1.807) is 12.1 Å². The number of phenols is 1. The molecule has 5 N–H and O–H groups in total. The number of allylic oxidation sites excluding steroid dienone is 2. The molecule has 42 heavy (non-hydrogen) atoms. The van der Waals surface area contributed by atoms with Gasteiger partial charge in [0.15, 0.2) is 11.5 Å². The molecular formula is C33H50N2O7. The fraction of sp³-hybridized carbons (Fsp3) is 0.636. The fourth-order valence-electron chi connectivity index (χ4n) is 6.51. The van der Waals surface area contributed by atoms with Crippen LogP contribution in [0.5, 0.6) is 11.5 Å². The molecule has 0 bridgehead atoms. The van der Waals surface area contributed by atoms with Crippen LogP contribution in [0.3, 0.4) is 0 Å². The van der Waals surface area contributed by atoms with Crippen LogP contribution in [0.4, 0.5) is 0 Å². The molecule has 3 rings (SSSR count). The average Bonchev–Trinajstić information content (AvgIpc) is 2.89. The minimum absolute atomic E-state index is 0.0212. The maximum atomic E-state index is 12.3. The summed E-state index contributed by atoms with van der Waals surface area (Å²) >= 11 is 0. The first-order chi connectivity index (χ1) is 19.9. The molecule has 0 amide bonds. The van der Waals surface area contributed by atoms with Crippen molar-refractivity contribution in [3.8, 4) is 11.5 Å². The van der Waals surface area contributed by atoms with E-state index < -0.39 is 24.3 Å². The highest BCUT2D eigenvalue weighted by atomic mass is 16.6. The van der Waals surface area contributed by atoms with Crippen LogP contribution in [0.25, 0.3) is 5.57 Å². The van der Waals surface area contributed by atoms with Crippen LogP contribution >= 0.6 is 0 Å². The van der Waals surface area contributed by atoms with Crippen molar-refractivity contribution in [1.29, 1.82) is 0 Å². The molecule has 0 saturated heterocycles. The molecule has 9 nitrogen and oxygen atoms in total. The predicted octanol–water partition coefficient (Wildman–Crippen LogP) is 4.98. The Morgan fingerprint density at radius 3 is 2.50 bits per heavy atom. The van der Waals surface area contributed by atoms with Crippen molar-refractivity contribution in [2.45, 2.75) is 104 Å². The molecular weight excluding hydrogens is 536 g/mol. The molecule has 1 heterocycles. The number of carbonyl (C=O) groups excluding carboxylic acids is 2. The predicted molar refractivity (Wildman–Crippen MR) is 162 cm³/mol. The third kappa shape index (κ3) is 10.3. The number of aliphatic hydroxyl groups is 1. The van der Waals surface area contributed by atoms with Crippen molar-refractivity contribution in [3.05, 3.63) is 41.2 Å². The molecule has 1 fully saturated rings. The Labute approximate surface area is 250 Å². The summed E-state index contributed by atoms with van der Waals surface area (Å²) in [5.74, 6) is 1.12. The minimum Gasteiger partial charge on any atom is -0.504 e. The monoisotopic (exact) mass is 586 g/mol. The number of aryl methyl sites for hydroxylation is 1. The van der Waals surface area contributed by atoms with Crippen LogP contribution in [0.1, 0.15) is 90.2 Å². The number of phenolic OH excluding ortho intramolecular Hbond substituents is 1. The van der Waals surface area contributed by atoms with Crippen molar-refractivity contribution >= 4 is 17.5 Å². The Morgan fingerprint density at radius 1 is 1.12 bits per heavy atom. The number of nitrogens with one attached hydrogen (secondary N) is 1. The molecule has 0 radical (unpaired) electrons. The lowest BCUT2D eigenvalue weighted by atomic mass is 9.76. The highest BCUT2D eigenvalue weighted by molar-refractivity contribution is 5.79. The first-order valence-electron chi connectivity index (χ1n) is 15.3. The summed E-state index contributed by atoms with van der Waals surface area (Å²) in [6, 6.07) is 3.47. The highest BCUT2D eigenvalue weighted by Crippen LogP contribution is 2.37. The zero-order valence-electron chi connectivity index (χ0n) is 25.9. The zero-order valence-corrected chi connectivity index (χ0v) is 25.9. The Hall–Kier alpha value is -3.20. The van der Waals surface area contributed by atoms with Crippen LogP contribution < -0.4 is 15.8 Å². The Kier molecular flexibility index (Phi) is 12.6. The van der Waals surface area contributed by atoms with Gasteiger partial charge in [0.25, 0.3) is 0 Å². The number of ether oxygens (including phenoxy) is 3. The van der Waals surface area contributed by atoms with Gasteiger partial charge in [-0.3, -0.25) is 9.59 Å². The first kappa shape index (κ1) is 33.3. The number of hydrogen-bond donors (Lipinski definition) is 4. The summed E-state index contributed by atoms with van der Waals surface area (Å²) in [4.78, 5) is 24.5. The maximum absolute atomic E-state index is 12.3. The second kappa shape index (κ2) is 15.9. The van der Waals surface area contributed by atoms with Gasteiger partial charge in [-0.25, -0.2) is 0 Å². The zero-order chi connectivity index (χ0) is 30.8. The van der Waals surface area contributed by atoms with Gasteiger partial charge in [0.2, 0.25) is 0 Å². The molecule has 2 aliphatic rings. The second-order valence-corrected chi connectivity index (χ2v) is 12.3. The Bertz CT molecular complexity index is 1130. The molecule has 1 saturated carbocycles. The minimum atomic E-state index is -0.520. The number of aromatic hydroxyl groups is 1. The van der Waals surface area contributed by atoms with E-state index in [4.69, 9.17) is 19.9 Å². The van der Waals surface area contributed by atoms with E-state index in [-0.39, 0.29) is 17.6 Å².